The van der Waals surface area contributed by atoms with Crippen molar-refractivity contribution in [2.75, 3.05) is 25.0 Å². The van der Waals surface area contributed by atoms with E-state index in [0.29, 0.717) is 0 Å². The van der Waals surface area contributed by atoms with E-state index < -0.39 is 0 Å². The molecular weight excluding hydrogens is 246 g/mol. The molecule has 0 saturated carbocycles. The third-order valence-corrected chi connectivity index (χ3v) is 3.32. The van der Waals surface area contributed by atoms with Crippen molar-refractivity contribution >= 4 is 5.82 Å². The smallest absolute Gasteiger partial charge is 0.128 e. The Kier molecular flexibility index (Phi) is 5.56. The summed E-state index contributed by atoms with van der Waals surface area (Å²) in [6, 6.07) is 16.8. The van der Waals surface area contributed by atoms with Gasteiger partial charge in [-0.15, -0.1) is 0 Å². The first-order chi connectivity index (χ1) is 9.79. The van der Waals surface area contributed by atoms with E-state index in [0.717, 1.165) is 37.6 Å². The molecule has 3 nitrogen and oxygen atoms in total. The average Bonchev–Trinajstić information content (AvgIpc) is 2.52. The highest BCUT2D eigenvalue weighted by molar-refractivity contribution is 5.38. The van der Waals surface area contributed by atoms with E-state index in [1.807, 2.05) is 0 Å². The van der Waals surface area contributed by atoms with Gasteiger partial charge in [-0.1, -0.05) is 43.3 Å². The highest BCUT2D eigenvalue weighted by atomic mass is 15.2. The molecule has 1 N–H and O–H groups in total. The van der Waals surface area contributed by atoms with Crippen molar-refractivity contribution in [1.29, 1.82) is 0 Å². The van der Waals surface area contributed by atoms with E-state index in [1.165, 1.54) is 5.56 Å². The Hall–Kier alpha value is -1.87. The topological polar surface area (TPSA) is 28.2 Å². The summed E-state index contributed by atoms with van der Waals surface area (Å²) in [5.74, 6) is 1.04. The minimum atomic E-state index is 0.830. The second-order valence-electron chi connectivity index (χ2n) is 4.92. The molecule has 0 aliphatic rings. The van der Waals surface area contributed by atoms with Crippen LogP contribution in [0.5, 0.6) is 0 Å². The van der Waals surface area contributed by atoms with Crippen LogP contribution in [-0.4, -0.2) is 25.1 Å². The second kappa shape index (κ2) is 7.65. The average molecular weight is 269 g/mol. The lowest BCUT2D eigenvalue weighted by atomic mass is 10.1. The van der Waals surface area contributed by atoms with Gasteiger partial charge in [-0.2, -0.15) is 0 Å². The van der Waals surface area contributed by atoms with E-state index in [9.17, 15) is 0 Å². The van der Waals surface area contributed by atoms with Crippen LogP contribution < -0.4 is 10.2 Å². The molecule has 106 valence electrons. The Morgan fingerprint density at radius 3 is 2.60 bits per heavy atom. The number of hydrogen-bond donors (Lipinski definition) is 1. The Morgan fingerprint density at radius 2 is 1.85 bits per heavy atom. The zero-order chi connectivity index (χ0) is 14.2. The summed E-state index contributed by atoms with van der Waals surface area (Å²) in [5.41, 5.74) is 2.46. The summed E-state index contributed by atoms with van der Waals surface area (Å²) in [6.07, 6.45) is 1.04. The van der Waals surface area contributed by atoms with Gasteiger partial charge in [0.2, 0.25) is 0 Å². The van der Waals surface area contributed by atoms with Crippen molar-refractivity contribution in [3.8, 4) is 0 Å². The molecule has 0 radical (unpaired) electrons. The number of nitrogens with zero attached hydrogens (tertiary/aromatic N) is 2. The summed E-state index contributed by atoms with van der Waals surface area (Å²) in [6.45, 7) is 4.88. The highest BCUT2D eigenvalue weighted by Crippen LogP contribution is 2.11. The second-order valence-corrected chi connectivity index (χ2v) is 4.92. The van der Waals surface area contributed by atoms with Crippen molar-refractivity contribution in [2.45, 2.75) is 19.9 Å². The number of likely N-dealkylation sites (N-methyl/N-ethyl adjacent to an activating group) is 1. The van der Waals surface area contributed by atoms with Gasteiger partial charge in [-0.05, 0) is 30.7 Å². The largest absolute Gasteiger partial charge is 0.359 e. The minimum Gasteiger partial charge on any atom is -0.359 e. The lowest BCUT2D eigenvalue weighted by Gasteiger charge is -2.19. The lowest BCUT2D eigenvalue weighted by Crippen LogP contribution is -2.22. The Balaban J connectivity index is 1.93. The molecule has 0 aliphatic carbocycles. The number of anilines is 1. The van der Waals surface area contributed by atoms with Gasteiger partial charge >= 0.3 is 0 Å². The van der Waals surface area contributed by atoms with Crippen molar-refractivity contribution in [1.82, 2.24) is 10.3 Å². The molecule has 0 fully saturated rings. The van der Waals surface area contributed by atoms with Gasteiger partial charge in [0.15, 0.2) is 0 Å². The summed E-state index contributed by atoms with van der Waals surface area (Å²) in [5, 5.41) is 3.31. The van der Waals surface area contributed by atoms with E-state index in [-0.39, 0.29) is 0 Å². The third kappa shape index (κ3) is 4.35. The first-order valence-electron chi connectivity index (χ1n) is 7.21. The molecule has 0 amide bonds. The van der Waals surface area contributed by atoms with Crippen LogP contribution >= 0.6 is 0 Å². The van der Waals surface area contributed by atoms with Crippen LogP contribution in [0.3, 0.4) is 0 Å². The van der Waals surface area contributed by atoms with Crippen molar-refractivity contribution in [3.05, 3.63) is 59.8 Å². The van der Waals surface area contributed by atoms with E-state index in [2.05, 4.69) is 77.7 Å². The molecule has 0 atom stereocenters. The van der Waals surface area contributed by atoms with Gasteiger partial charge in [0.05, 0.1) is 5.69 Å². The molecule has 2 aromatic rings. The Morgan fingerprint density at radius 1 is 1.05 bits per heavy atom. The van der Waals surface area contributed by atoms with Crippen molar-refractivity contribution in [2.24, 2.45) is 0 Å². The first-order valence-corrected chi connectivity index (χ1v) is 7.21. The van der Waals surface area contributed by atoms with Crippen molar-refractivity contribution < 1.29 is 0 Å². The van der Waals surface area contributed by atoms with Gasteiger partial charge in [0.25, 0.3) is 0 Å². The molecule has 3 heteroatoms. The molecular formula is C17H23N3. The normalized spacial score (nSPS) is 10.5. The van der Waals surface area contributed by atoms with Gasteiger partial charge in [0, 0.05) is 20.1 Å². The van der Waals surface area contributed by atoms with E-state index in [1.54, 1.807) is 0 Å². The summed E-state index contributed by atoms with van der Waals surface area (Å²) < 4.78 is 0. The number of hydrogen-bond acceptors (Lipinski definition) is 3. The minimum absolute atomic E-state index is 0.830. The monoisotopic (exact) mass is 269 g/mol. The Bertz CT molecular complexity index is 511. The lowest BCUT2D eigenvalue weighted by molar-refractivity contribution is 0.708. The summed E-state index contributed by atoms with van der Waals surface area (Å²) in [7, 11) is 2.10. The van der Waals surface area contributed by atoms with Gasteiger partial charge < -0.3 is 10.2 Å². The number of pyridine rings is 1. The fourth-order valence-electron chi connectivity index (χ4n) is 2.09. The Labute approximate surface area is 121 Å². The zero-order valence-corrected chi connectivity index (χ0v) is 12.3. The molecule has 1 aromatic carbocycles. The van der Waals surface area contributed by atoms with Crippen LogP contribution in [-0.2, 0) is 13.0 Å². The third-order valence-electron chi connectivity index (χ3n) is 3.32. The van der Waals surface area contributed by atoms with Crippen LogP contribution in [0.2, 0.25) is 0 Å². The summed E-state index contributed by atoms with van der Waals surface area (Å²) >= 11 is 0. The van der Waals surface area contributed by atoms with Crippen LogP contribution in [0.25, 0.3) is 0 Å². The van der Waals surface area contributed by atoms with Gasteiger partial charge in [-0.3, -0.25) is 0 Å². The van der Waals surface area contributed by atoms with Crippen LogP contribution in [0.1, 0.15) is 18.2 Å². The molecule has 0 spiro atoms. The maximum absolute atomic E-state index is 4.69. The number of rotatable bonds is 7. The molecule has 1 heterocycles. The predicted octanol–water partition coefficient (Wildman–Crippen LogP) is 2.87. The number of benzene rings is 1. The zero-order valence-electron chi connectivity index (χ0n) is 12.3. The number of nitrogens with one attached hydrogen (secondary N) is 1. The maximum Gasteiger partial charge on any atom is 0.128 e. The van der Waals surface area contributed by atoms with Crippen LogP contribution in [0, 0.1) is 0 Å². The summed E-state index contributed by atoms with van der Waals surface area (Å²) in [4.78, 5) is 6.90. The van der Waals surface area contributed by atoms with Crippen LogP contribution in [0.15, 0.2) is 48.5 Å². The molecule has 2 rings (SSSR count). The SMILES string of the molecule is CCNCc1cccc(N(C)CCc2ccccc2)n1. The first kappa shape index (κ1) is 14.5. The molecule has 0 unspecified atom stereocenters. The molecule has 0 saturated heterocycles. The van der Waals surface area contributed by atoms with Gasteiger partial charge in [-0.25, -0.2) is 4.98 Å². The van der Waals surface area contributed by atoms with E-state index in [4.69, 9.17) is 0 Å². The highest BCUT2D eigenvalue weighted by Gasteiger charge is 2.04. The quantitative estimate of drug-likeness (QED) is 0.837. The fraction of sp³-hybridized carbons (Fsp3) is 0.353. The molecule has 0 aliphatic heterocycles. The van der Waals surface area contributed by atoms with Crippen molar-refractivity contribution in [3.63, 3.8) is 0 Å². The van der Waals surface area contributed by atoms with E-state index >= 15 is 0 Å². The predicted molar refractivity (Wildman–Crippen MR) is 85.0 cm³/mol. The molecule has 0 bridgehead atoms. The maximum atomic E-state index is 4.69. The molecule has 1 aromatic heterocycles. The number of aromatic nitrogens is 1. The van der Waals surface area contributed by atoms with Crippen LogP contribution in [0.4, 0.5) is 5.82 Å². The fourth-order valence-corrected chi connectivity index (χ4v) is 2.09. The van der Waals surface area contributed by atoms with Gasteiger partial charge in [0.1, 0.15) is 5.82 Å². The standard InChI is InChI=1S/C17H23N3/c1-3-18-14-16-10-7-11-17(19-16)20(2)13-12-15-8-5-4-6-9-15/h4-11,18H,3,12-14H2,1-2H3. The molecule has 20 heavy (non-hydrogen) atoms.